The van der Waals surface area contributed by atoms with Crippen LogP contribution in [0.3, 0.4) is 0 Å². The first-order valence-electron chi connectivity index (χ1n) is 8.89. The van der Waals surface area contributed by atoms with E-state index >= 15 is 0 Å². The summed E-state index contributed by atoms with van der Waals surface area (Å²) in [5.41, 5.74) is 2.18. The van der Waals surface area contributed by atoms with Crippen molar-refractivity contribution in [2.45, 2.75) is 26.3 Å². The maximum absolute atomic E-state index is 12.7. The predicted molar refractivity (Wildman–Crippen MR) is 108 cm³/mol. The van der Waals surface area contributed by atoms with E-state index in [-0.39, 0.29) is 5.91 Å². The maximum atomic E-state index is 12.7. The monoisotopic (exact) mass is 360 g/mol. The van der Waals surface area contributed by atoms with Gasteiger partial charge >= 0.3 is 0 Å². The van der Waals surface area contributed by atoms with Crippen LogP contribution in [-0.4, -0.2) is 10.5 Å². The van der Waals surface area contributed by atoms with Crippen LogP contribution in [0.2, 0.25) is 0 Å². The molecule has 0 fully saturated rings. The zero-order chi connectivity index (χ0) is 17.9. The van der Waals surface area contributed by atoms with Crippen molar-refractivity contribution in [3.8, 4) is 0 Å². The van der Waals surface area contributed by atoms with E-state index in [4.69, 9.17) is 0 Å². The Labute approximate surface area is 156 Å². The van der Waals surface area contributed by atoms with Gasteiger partial charge in [-0.15, -0.1) is 0 Å². The SMILES string of the molecule is CCCn1c(=NC(=O)Cc2cccc3ccccc23)sc2ccccc21. The van der Waals surface area contributed by atoms with Crippen molar-refractivity contribution in [2.75, 3.05) is 0 Å². The number of hydrogen-bond donors (Lipinski definition) is 0. The molecule has 0 spiro atoms. The molecular formula is C22H20N2OS. The summed E-state index contributed by atoms with van der Waals surface area (Å²) in [6.45, 7) is 3.01. The molecule has 0 saturated heterocycles. The number of rotatable bonds is 4. The van der Waals surface area contributed by atoms with Gasteiger partial charge in [-0.3, -0.25) is 4.79 Å². The molecule has 130 valence electrons. The summed E-state index contributed by atoms with van der Waals surface area (Å²) >= 11 is 1.58. The first kappa shape index (κ1) is 16.7. The minimum Gasteiger partial charge on any atom is -0.316 e. The number of para-hydroxylation sites is 1. The highest BCUT2D eigenvalue weighted by atomic mass is 32.1. The third-order valence-corrected chi connectivity index (χ3v) is 5.54. The lowest BCUT2D eigenvalue weighted by Crippen LogP contribution is -2.17. The lowest BCUT2D eigenvalue weighted by Gasteiger charge is -2.04. The van der Waals surface area contributed by atoms with Crippen molar-refractivity contribution < 1.29 is 4.79 Å². The number of aryl methyl sites for hydroxylation is 1. The van der Waals surface area contributed by atoms with Crippen molar-refractivity contribution in [1.29, 1.82) is 0 Å². The normalized spacial score (nSPS) is 12.1. The van der Waals surface area contributed by atoms with Crippen molar-refractivity contribution in [3.05, 3.63) is 77.1 Å². The zero-order valence-corrected chi connectivity index (χ0v) is 15.5. The van der Waals surface area contributed by atoms with Gasteiger partial charge in [0.05, 0.1) is 16.6 Å². The number of amides is 1. The van der Waals surface area contributed by atoms with Crippen LogP contribution in [0.15, 0.2) is 71.7 Å². The number of fused-ring (bicyclic) bond motifs is 2. The van der Waals surface area contributed by atoms with Crippen LogP contribution in [0.4, 0.5) is 0 Å². The van der Waals surface area contributed by atoms with E-state index in [1.165, 1.54) is 0 Å². The standard InChI is InChI=1S/C22H20N2OS/c1-2-14-24-19-12-5-6-13-20(19)26-22(24)23-21(25)15-17-10-7-9-16-8-3-4-11-18(16)17/h3-13H,2,14-15H2,1H3. The fourth-order valence-corrected chi connectivity index (χ4v) is 4.37. The summed E-state index contributed by atoms with van der Waals surface area (Å²) in [6.07, 6.45) is 1.33. The van der Waals surface area contributed by atoms with Gasteiger partial charge in [-0.25, -0.2) is 0 Å². The molecule has 0 bridgehead atoms. The average Bonchev–Trinajstić information content (AvgIpc) is 3.00. The minimum atomic E-state index is -0.0993. The molecule has 0 aliphatic rings. The molecule has 0 aliphatic heterocycles. The van der Waals surface area contributed by atoms with E-state index in [1.807, 2.05) is 36.4 Å². The van der Waals surface area contributed by atoms with E-state index in [0.717, 1.165) is 44.3 Å². The lowest BCUT2D eigenvalue weighted by molar-refractivity contribution is -0.117. The van der Waals surface area contributed by atoms with Gasteiger partial charge in [-0.2, -0.15) is 4.99 Å². The van der Waals surface area contributed by atoms with Crippen LogP contribution in [0.25, 0.3) is 21.0 Å². The number of nitrogens with zero attached hydrogens (tertiary/aromatic N) is 2. The number of carbonyl (C=O) groups is 1. The minimum absolute atomic E-state index is 0.0993. The van der Waals surface area contributed by atoms with Crippen LogP contribution in [-0.2, 0) is 17.8 Å². The van der Waals surface area contributed by atoms with E-state index in [9.17, 15) is 4.79 Å². The fourth-order valence-electron chi connectivity index (χ4n) is 3.30. The molecule has 26 heavy (non-hydrogen) atoms. The van der Waals surface area contributed by atoms with Crippen LogP contribution >= 0.6 is 11.3 Å². The molecule has 0 unspecified atom stereocenters. The summed E-state index contributed by atoms with van der Waals surface area (Å²) < 4.78 is 3.32. The van der Waals surface area contributed by atoms with Gasteiger partial charge in [0.2, 0.25) is 0 Å². The third kappa shape index (κ3) is 3.20. The summed E-state index contributed by atoms with van der Waals surface area (Å²) in [6, 6.07) is 22.5. The smallest absolute Gasteiger partial charge is 0.252 e. The summed E-state index contributed by atoms with van der Waals surface area (Å²) in [5.74, 6) is -0.0993. The Hall–Kier alpha value is -2.72. The molecule has 0 radical (unpaired) electrons. The van der Waals surface area contributed by atoms with E-state index in [2.05, 4.69) is 46.8 Å². The average molecular weight is 360 g/mol. The first-order chi connectivity index (χ1) is 12.8. The second kappa shape index (κ2) is 7.26. The molecule has 1 aromatic heterocycles. The highest BCUT2D eigenvalue weighted by Crippen LogP contribution is 2.20. The Bertz CT molecular complexity index is 1150. The Balaban J connectivity index is 1.73. The molecule has 0 N–H and O–H groups in total. The molecule has 4 aromatic rings. The Morgan fingerprint density at radius 3 is 2.65 bits per heavy atom. The zero-order valence-electron chi connectivity index (χ0n) is 14.7. The summed E-state index contributed by atoms with van der Waals surface area (Å²) in [4.78, 5) is 17.9. The van der Waals surface area contributed by atoms with Gasteiger partial charge in [0.15, 0.2) is 4.80 Å². The molecule has 4 rings (SSSR count). The van der Waals surface area contributed by atoms with Crippen molar-refractivity contribution in [3.63, 3.8) is 0 Å². The molecule has 1 heterocycles. The number of aromatic nitrogens is 1. The number of thiazole rings is 1. The molecule has 3 nitrogen and oxygen atoms in total. The van der Waals surface area contributed by atoms with Gasteiger partial charge in [0.25, 0.3) is 5.91 Å². The highest BCUT2D eigenvalue weighted by molar-refractivity contribution is 7.16. The summed E-state index contributed by atoms with van der Waals surface area (Å²) in [7, 11) is 0. The van der Waals surface area contributed by atoms with Crippen LogP contribution in [0, 0.1) is 0 Å². The largest absolute Gasteiger partial charge is 0.316 e. The number of benzene rings is 3. The molecule has 3 aromatic carbocycles. The van der Waals surface area contributed by atoms with Crippen molar-refractivity contribution in [2.24, 2.45) is 4.99 Å². The van der Waals surface area contributed by atoms with Crippen molar-refractivity contribution >= 4 is 38.2 Å². The first-order valence-corrected chi connectivity index (χ1v) is 9.70. The highest BCUT2D eigenvalue weighted by Gasteiger charge is 2.09. The third-order valence-electron chi connectivity index (χ3n) is 4.48. The lowest BCUT2D eigenvalue weighted by atomic mass is 10.0. The fraction of sp³-hybridized carbons (Fsp3) is 0.182. The molecule has 0 aliphatic carbocycles. The second-order valence-corrected chi connectivity index (χ2v) is 7.33. The van der Waals surface area contributed by atoms with Gasteiger partial charge in [-0.1, -0.05) is 72.9 Å². The molecular weight excluding hydrogens is 340 g/mol. The van der Waals surface area contributed by atoms with Crippen LogP contribution < -0.4 is 4.80 Å². The van der Waals surface area contributed by atoms with Gasteiger partial charge in [-0.05, 0) is 34.9 Å². The summed E-state index contributed by atoms with van der Waals surface area (Å²) in [5, 5.41) is 2.28. The molecule has 1 amide bonds. The Morgan fingerprint density at radius 2 is 1.77 bits per heavy atom. The van der Waals surface area contributed by atoms with Crippen molar-refractivity contribution in [1.82, 2.24) is 4.57 Å². The second-order valence-electron chi connectivity index (χ2n) is 6.32. The maximum Gasteiger partial charge on any atom is 0.252 e. The topological polar surface area (TPSA) is 34.4 Å². The van der Waals surface area contributed by atoms with Gasteiger partial charge in [0.1, 0.15) is 0 Å². The molecule has 0 saturated carbocycles. The van der Waals surface area contributed by atoms with E-state index in [0.29, 0.717) is 6.42 Å². The Kier molecular flexibility index (Phi) is 4.67. The number of hydrogen-bond acceptors (Lipinski definition) is 2. The molecule has 4 heteroatoms. The van der Waals surface area contributed by atoms with Gasteiger partial charge in [0, 0.05) is 6.54 Å². The predicted octanol–water partition coefficient (Wildman–Crippen LogP) is 4.94. The van der Waals surface area contributed by atoms with Gasteiger partial charge < -0.3 is 4.57 Å². The van der Waals surface area contributed by atoms with E-state index < -0.39 is 0 Å². The van der Waals surface area contributed by atoms with Crippen LogP contribution in [0.5, 0.6) is 0 Å². The Morgan fingerprint density at radius 1 is 1.00 bits per heavy atom. The molecule has 0 atom stereocenters. The number of carbonyl (C=O) groups excluding carboxylic acids is 1. The van der Waals surface area contributed by atoms with Crippen LogP contribution in [0.1, 0.15) is 18.9 Å². The quantitative estimate of drug-likeness (QED) is 0.508. The van der Waals surface area contributed by atoms with E-state index in [1.54, 1.807) is 11.3 Å².